The fourth-order valence-corrected chi connectivity index (χ4v) is 3.78. The lowest BCUT2D eigenvalue weighted by molar-refractivity contribution is -0.384. The van der Waals surface area contributed by atoms with Gasteiger partial charge in [-0.25, -0.2) is 4.98 Å². The zero-order valence-electron chi connectivity index (χ0n) is 10.6. The minimum atomic E-state index is -0.383. The number of alkyl halides is 1. The second kappa shape index (κ2) is 5.79. The van der Waals surface area contributed by atoms with Gasteiger partial charge in [-0.2, -0.15) is 0 Å². The molecule has 1 unspecified atom stereocenters. The number of nitrogens with zero attached hydrogens (tertiary/aromatic N) is 2. The van der Waals surface area contributed by atoms with Crippen LogP contribution in [0.15, 0.2) is 24.3 Å². The Morgan fingerprint density at radius 1 is 1.37 bits per heavy atom. The summed E-state index contributed by atoms with van der Waals surface area (Å²) in [5.74, 6) is 0. The van der Waals surface area contributed by atoms with Gasteiger partial charge in [0.15, 0.2) is 0 Å². The molecule has 100 valence electrons. The molecule has 0 fully saturated rings. The number of nitro benzene ring substituents is 1. The van der Waals surface area contributed by atoms with Crippen molar-refractivity contribution in [3.63, 3.8) is 0 Å². The zero-order valence-corrected chi connectivity index (χ0v) is 13.0. The lowest BCUT2D eigenvalue weighted by Crippen LogP contribution is -1.96. The van der Waals surface area contributed by atoms with Crippen molar-refractivity contribution < 1.29 is 4.92 Å². The number of aromatic nitrogens is 1. The molecule has 0 spiro atoms. The number of nitro groups is 1. The third-order valence-corrected chi connectivity index (χ3v) is 5.06. The van der Waals surface area contributed by atoms with Gasteiger partial charge in [-0.05, 0) is 25.8 Å². The van der Waals surface area contributed by atoms with Crippen LogP contribution >= 0.6 is 27.3 Å². The summed E-state index contributed by atoms with van der Waals surface area (Å²) in [6.45, 7) is 4.00. The van der Waals surface area contributed by atoms with Gasteiger partial charge in [0.05, 0.1) is 20.5 Å². The molecule has 19 heavy (non-hydrogen) atoms. The number of hydrogen-bond acceptors (Lipinski definition) is 4. The van der Waals surface area contributed by atoms with E-state index in [1.807, 2.05) is 13.8 Å². The van der Waals surface area contributed by atoms with Crippen molar-refractivity contribution in [1.82, 2.24) is 4.98 Å². The molecule has 1 aromatic heterocycles. The molecular formula is C13H13BrN2O2S. The van der Waals surface area contributed by atoms with Crippen LogP contribution in [0, 0.1) is 24.0 Å². The van der Waals surface area contributed by atoms with Gasteiger partial charge in [-0.15, -0.1) is 11.3 Å². The fraction of sp³-hybridized carbons (Fsp3) is 0.308. The summed E-state index contributed by atoms with van der Waals surface area (Å²) < 4.78 is 0. The molecule has 0 radical (unpaired) electrons. The summed E-state index contributed by atoms with van der Waals surface area (Å²) in [6, 6.07) is 6.69. The number of aryl methyl sites for hydroxylation is 2. The molecule has 6 heteroatoms. The van der Waals surface area contributed by atoms with Crippen molar-refractivity contribution in [2.24, 2.45) is 0 Å². The molecule has 2 aromatic rings. The van der Waals surface area contributed by atoms with E-state index in [9.17, 15) is 10.1 Å². The van der Waals surface area contributed by atoms with Gasteiger partial charge in [0.2, 0.25) is 0 Å². The molecule has 0 amide bonds. The van der Waals surface area contributed by atoms with Crippen molar-refractivity contribution >= 4 is 33.0 Å². The first-order valence-electron chi connectivity index (χ1n) is 5.78. The Kier molecular flexibility index (Phi) is 4.31. The minimum absolute atomic E-state index is 0.125. The largest absolute Gasteiger partial charge is 0.269 e. The van der Waals surface area contributed by atoms with E-state index in [-0.39, 0.29) is 15.4 Å². The van der Waals surface area contributed by atoms with Gasteiger partial charge >= 0.3 is 0 Å². The average molecular weight is 341 g/mol. The number of thiazole rings is 1. The lowest BCUT2D eigenvalue weighted by atomic mass is 10.1. The molecule has 0 N–H and O–H groups in total. The summed E-state index contributed by atoms with van der Waals surface area (Å²) in [5, 5.41) is 11.6. The first-order chi connectivity index (χ1) is 8.97. The van der Waals surface area contributed by atoms with E-state index in [1.165, 1.54) is 4.88 Å². The monoisotopic (exact) mass is 340 g/mol. The van der Waals surface area contributed by atoms with Crippen molar-refractivity contribution in [2.45, 2.75) is 25.1 Å². The molecule has 0 saturated heterocycles. The Hall–Kier alpha value is -1.27. The molecule has 2 rings (SSSR count). The Bertz CT molecular complexity index is 595. The maximum absolute atomic E-state index is 10.6. The summed E-state index contributed by atoms with van der Waals surface area (Å²) in [5.41, 5.74) is 2.24. The maximum Gasteiger partial charge on any atom is 0.269 e. The maximum atomic E-state index is 10.6. The number of halogens is 1. The normalized spacial score (nSPS) is 12.4. The number of rotatable bonds is 4. The van der Waals surface area contributed by atoms with E-state index in [0.717, 1.165) is 22.7 Å². The molecule has 1 heterocycles. The second-order valence-electron chi connectivity index (χ2n) is 4.28. The Morgan fingerprint density at radius 2 is 2.00 bits per heavy atom. The summed E-state index contributed by atoms with van der Waals surface area (Å²) in [7, 11) is 0. The summed E-state index contributed by atoms with van der Waals surface area (Å²) >= 11 is 5.35. The smallest absolute Gasteiger partial charge is 0.258 e. The first kappa shape index (κ1) is 14.1. The van der Waals surface area contributed by atoms with Gasteiger partial charge in [-0.3, -0.25) is 10.1 Å². The van der Waals surface area contributed by atoms with Crippen molar-refractivity contribution in [3.8, 4) is 0 Å². The zero-order chi connectivity index (χ0) is 14.0. The predicted molar refractivity (Wildman–Crippen MR) is 80.1 cm³/mol. The summed E-state index contributed by atoms with van der Waals surface area (Å²) in [6.07, 6.45) is 0.792. The molecule has 1 aromatic carbocycles. The molecule has 4 nitrogen and oxygen atoms in total. The molecular weight excluding hydrogens is 328 g/mol. The van der Waals surface area contributed by atoms with Crippen LogP contribution in [-0.2, 0) is 6.42 Å². The van der Waals surface area contributed by atoms with E-state index in [1.54, 1.807) is 35.6 Å². The van der Waals surface area contributed by atoms with E-state index >= 15 is 0 Å². The molecule has 0 aliphatic carbocycles. The first-order valence-corrected chi connectivity index (χ1v) is 7.52. The van der Waals surface area contributed by atoms with Gasteiger partial charge in [0, 0.05) is 17.0 Å². The van der Waals surface area contributed by atoms with Crippen LogP contribution in [0.4, 0.5) is 5.69 Å². The van der Waals surface area contributed by atoms with Gasteiger partial charge in [0.25, 0.3) is 5.69 Å². The van der Waals surface area contributed by atoms with Gasteiger partial charge in [0.1, 0.15) is 0 Å². The standard InChI is InChI=1S/C13H13BrN2O2S/c1-8-13(19-9(2)15-8)12(14)7-10-3-5-11(6-4-10)16(17)18/h3-6,12H,7H2,1-2H3. The Balaban J connectivity index is 2.12. The highest BCUT2D eigenvalue weighted by atomic mass is 79.9. The van der Waals surface area contributed by atoms with Crippen molar-refractivity contribution in [1.29, 1.82) is 0 Å². The highest BCUT2D eigenvalue weighted by molar-refractivity contribution is 9.09. The van der Waals surface area contributed by atoms with E-state index in [2.05, 4.69) is 20.9 Å². The topological polar surface area (TPSA) is 56.0 Å². The van der Waals surface area contributed by atoms with E-state index in [4.69, 9.17) is 0 Å². The number of non-ortho nitro benzene ring substituents is 1. The third-order valence-electron chi connectivity index (χ3n) is 2.79. The van der Waals surface area contributed by atoms with Crippen LogP contribution in [0.25, 0.3) is 0 Å². The Morgan fingerprint density at radius 3 is 2.47 bits per heavy atom. The van der Waals surface area contributed by atoms with E-state index < -0.39 is 0 Å². The van der Waals surface area contributed by atoms with Crippen LogP contribution in [0.2, 0.25) is 0 Å². The quantitative estimate of drug-likeness (QED) is 0.472. The number of hydrogen-bond donors (Lipinski definition) is 0. The predicted octanol–water partition coefficient (Wildman–Crippen LogP) is 4.35. The Labute approximate surface area is 123 Å². The highest BCUT2D eigenvalue weighted by Gasteiger charge is 2.15. The molecule has 0 aliphatic rings. The molecule has 1 atom stereocenters. The van der Waals surface area contributed by atoms with Gasteiger partial charge < -0.3 is 0 Å². The molecule has 0 saturated carbocycles. The average Bonchev–Trinajstić information content (AvgIpc) is 2.69. The summed E-state index contributed by atoms with van der Waals surface area (Å²) in [4.78, 5) is 16.0. The number of benzene rings is 1. The van der Waals surface area contributed by atoms with Crippen molar-refractivity contribution in [3.05, 3.63) is 55.5 Å². The van der Waals surface area contributed by atoms with Crippen LogP contribution in [-0.4, -0.2) is 9.91 Å². The SMILES string of the molecule is Cc1nc(C)c(C(Br)Cc2ccc([N+](=O)[O-])cc2)s1. The third kappa shape index (κ3) is 3.39. The van der Waals surface area contributed by atoms with Crippen LogP contribution < -0.4 is 0 Å². The van der Waals surface area contributed by atoms with Crippen LogP contribution in [0.5, 0.6) is 0 Å². The van der Waals surface area contributed by atoms with Crippen LogP contribution in [0.1, 0.15) is 26.0 Å². The van der Waals surface area contributed by atoms with Crippen molar-refractivity contribution in [2.75, 3.05) is 0 Å². The minimum Gasteiger partial charge on any atom is -0.258 e. The second-order valence-corrected chi connectivity index (χ2v) is 6.62. The van der Waals surface area contributed by atoms with Crippen LogP contribution in [0.3, 0.4) is 0 Å². The fourth-order valence-electron chi connectivity index (χ4n) is 1.89. The molecule has 0 aliphatic heterocycles. The van der Waals surface area contributed by atoms with Gasteiger partial charge in [-0.1, -0.05) is 28.1 Å². The van der Waals surface area contributed by atoms with E-state index in [0.29, 0.717) is 0 Å². The highest BCUT2D eigenvalue weighted by Crippen LogP contribution is 2.33. The molecule has 0 bridgehead atoms. The lowest BCUT2D eigenvalue weighted by Gasteiger charge is -2.08.